The maximum absolute atomic E-state index is 13.7. The lowest BCUT2D eigenvalue weighted by Crippen LogP contribution is -1.98. The molecular formula is C22H14BrFN2O3. The standard InChI is InChI=1S/C22H14BrFN2O3/c23-20-12-15(5-10-22(20)29-14-17-3-1-2-4-21(17)24)11-18(13-25)16-6-8-19(9-7-16)26(27)28/h1-12H,14H2/b18-11+. The summed E-state index contributed by atoms with van der Waals surface area (Å²) < 4.78 is 20.0. The van der Waals surface area contributed by atoms with E-state index in [1.54, 1.807) is 42.5 Å². The lowest BCUT2D eigenvalue weighted by atomic mass is 10.0. The molecule has 29 heavy (non-hydrogen) atoms. The van der Waals surface area contributed by atoms with Crippen molar-refractivity contribution in [2.75, 3.05) is 0 Å². The number of ether oxygens (including phenoxy) is 1. The minimum atomic E-state index is -0.489. The van der Waals surface area contributed by atoms with Crippen molar-refractivity contribution in [3.63, 3.8) is 0 Å². The SMILES string of the molecule is N#C/C(=C\c1ccc(OCc2ccccc2F)c(Br)c1)c1ccc([N+](=O)[O-])cc1. The zero-order chi connectivity index (χ0) is 20.8. The van der Waals surface area contributed by atoms with Crippen LogP contribution in [0.1, 0.15) is 16.7 Å². The van der Waals surface area contributed by atoms with Gasteiger partial charge in [-0.05, 0) is 63.5 Å². The van der Waals surface area contributed by atoms with Gasteiger partial charge in [-0.3, -0.25) is 10.1 Å². The van der Waals surface area contributed by atoms with Crippen LogP contribution in [-0.4, -0.2) is 4.92 Å². The maximum atomic E-state index is 13.7. The summed E-state index contributed by atoms with van der Waals surface area (Å²) in [4.78, 5) is 10.3. The monoisotopic (exact) mass is 452 g/mol. The highest BCUT2D eigenvalue weighted by Crippen LogP contribution is 2.29. The molecule has 5 nitrogen and oxygen atoms in total. The lowest BCUT2D eigenvalue weighted by molar-refractivity contribution is -0.384. The Kier molecular flexibility index (Phi) is 6.37. The second kappa shape index (κ2) is 9.13. The van der Waals surface area contributed by atoms with Crippen LogP contribution in [0, 0.1) is 27.3 Å². The summed E-state index contributed by atoms with van der Waals surface area (Å²) in [5.74, 6) is 0.212. The van der Waals surface area contributed by atoms with E-state index in [1.807, 2.05) is 0 Å². The molecule has 0 aliphatic rings. The quantitative estimate of drug-likeness (QED) is 0.195. The van der Waals surface area contributed by atoms with Crippen LogP contribution >= 0.6 is 15.9 Å². The fourth-order valence-corrected chi connectivity index (χ4v) is 3.12. The van der Waals surface area contributed by atoms with E-state index in [2.05, 4.69) is 22.0 Å². The van der Waals surface area contributed by atoms with Gasteiger partial charge in [0.1, 0.15) is 18.2 Å². The normalized spacial score (nSPS) is 11.0. The third-order valence-corrected chi connectivity index (χ3v) is 4.74. The van der Waals surface area contributed by atoms with Crippen molar-refractivity contribution in [3.05, 3.63) is 104 Å². The van der Waals surface area contributed by atoms with Gasteiger partial charge in [0, 0.05) is 17.7 Å². The van der Waals surface area contributed by atoms with Gasteiger partial charge < -0.3 is 4.74 Å². The highest BCUT2D eigenvalue weighted by molar-refractivity contribution is 9.10. The molecule has 0 aromatic heterocycles. The first-order valence-electron chi connectivity index (χ1n) is 8.50. The van der Waals surface area contributed by atoms with Crippen molar-refractivity contribution in [1.29, 1.82) is 5.26 Å². The van der Waals surface area contributed by atoms with Gasteiger partial charge >= 0.3 is 0 Å². The van der Waals surface area contributed by atoms with E-state index in [0.29, 0.717) is 26.9 Å². The van der Waals surface area contributed by atoms with Crippen molar-refractivity contribution in [1.82, 2.24) is 0 Å². The van der Waals surface area contributed by atoms with E-state index in [1.165, 1.54) is 30.3 Å². The summed E-state index contributed by atoms with van der Waals surface area (Å²) in [7, 11) is 0. The summed E-state index contributed by atoms with van der Waals surface area (Å²) in [6, 6.07) is 19.6. The summed E-state index contributed by atoms with van der Waals surface area (Å²) in [6.45, 7) is 0.0900. The topological polar surface area (TPSA) is 76.2 Å². The van der Waals surface area contributed by atoms with Crippen molar-refractivity contribution in [3.8, 4) is 11.8 Å². The third kappa shape index (κ3) is 5.06. The molecule has 0 aliphatic carbocycles. The second-order valence-electron chi connectivity index (χ2n) is 6.04. The van der Waals surface area contributed by atoms with Crippen molar-refractivity contribution in [2.45, 2.75) is 6.61 Å². The van der Waals surface area contributed by atoms with Gasteiger partial charge in [-0.1, -0.05) is 24.3 Å². The molecule has 0 unspecified atom stereocenters. The molecule has 0 saturated carbocycles. The van der Waals surface area contributed by atoms with Crippen LogP contribution in [-0.2, 0) is 6.61 Å². The van der Waals surface area contributed by atoms with Crippen molar-refractivity contribution < 1.29 is 14.1 Å². The zero-order valence-corrected chi connectivity index (χ0v) is 16.6. The predicted molar refractivity (Wildman–Crippen MR) is 111 cm³/mol. The number of hydrogen-bond donors (Lipinski definition) is 0. The first-order chi connectivity index (χ1) is 14.0. The Labute approximate surface area is 175 Å². The average Bonchev–Trinajstić information content (AvgIpc) is 2.72. The zero-order valence-electron chi connectivity index (χ0n) is 15.0. The molecule has 0 bridgehead atoms. The summed E-state index contributed by atoms with van der Waals surface area (Å²) in [6.07, 6.45) is 1.67. The summed E-state index contributed by atoms with van der Waals surface area (Å²) in [5.41, 5.74) is 2.10. The first-order valence-corrected chi connectivity index (χ1v) is 9.29. The molecule has 3 aromatic carbocycles. The molecule has 144 valence electrons. The van der Waals surface area contributed by atoms with Gasteiger partial charge in [-0.25, -0.2) is 4.39 Å². The van der Waals surface area contributed by atoms with E-state index >= 15 is 0 Å². The summed E-state index contributed by atoms with van der Waals surface area (Å²) in [5, 5.41) is 20.2. The Balaban J connectivity index is 1.78. The van der Waals surface area contributed by atoms with Crippen LogP contribution in [0.5, 0.6) is 5.75 Å². The van der Waals surface area contributed by atoms with E-state index in [4.69, 9.17) is 4.74 Å². The van der Waals surface area contributed by atoms with Gasteiger partial charge in [0.2, 0.25) is 0 Å². The number of nitro groups is 1. The molecule has 0 fully saturated rings. The Hall–Kier alpha value is -3.50. The Morgan fingerprint density at radius 3 is 2.52 bits per heavy atom. The van der Waals surface area contributed by atoms with Crippen LogP contribution in [0.3, 0.4) is 0 Å². The van der Waals surface area contributed by atoms with E-state index < -0.39 is 4.92 Å². The molecule has 3 aromatic rings. The van der Waals surface area contributed by atoms with Crippen LogP contribution in [0.25, 0.3) is 11.6 Å². The van der Waals surface area contributed by atoms with Crippen LogP contribution in [0.2, 0.25) is 0 Å². The molecule has 3 rings (SSSR count). The van der Waals surface area contributed by atoms with Crippen molar-refractivity contribution >= 4 is 33.3 Å². The minimum absolute atomic E-state index is 0.0369. The predicted octanol–water partition coefficient (Wildman–Crippen LogP) is 6.14. The van der Waals surface area contributed by atoms with Crippen molar-refractivity contribution in [2.24, 2.45) is 0 Å². The number of halogens is 2. The van der Waals surface area contributed by atoms with E-state index in [0.717, 1.165) is 5.56 Å². The first kappa shape index (κ1) is 20.2. The molecule has 0 radical (unpaired) electrons. The van der Waals surface area contributed by atoms with Gasteiger partial charge in [0.05, 0.1) is 21.0 Å². The average molecular weight is 453 g/mol. The molecule has 0 spiro atoms. The minimum Gasteiger partial charge on any atom is -0.488 e. The maximum Gasteiger partial charge on any atom is 0.269 e. The highest BCUT2D eigenvalue weighted by atomic mass is 79.9. The molecule has 0 N–H and O–H groups in total. The number of nitro benzene ring substituents is 1. The number of nitriles is 1. The molecule has 0 heterocycles. The molecule has 0 atom stereocenters. The molecule has 7 heteroatoms. The number of non-ortho nitro benzene ring substituents is 1. The van der Waals surface area contributed by atoms with Gasteiger partial charge in [0.25, 0.3) is 5.69 Å². The fourth-order valence-electron chi connectivity index (χ4n) is 2.60. The summed E-state index contributed by atoms with van der Waals surface area (Å²) >= 11 is 3.43. The Morgan fingerprint density at radius 2 is 1.90 bits per heavy atom. The highest BCUT2D eigenvalue weighted by Gasteiger charge is 2.09. The molecule has 0 saturated heterocycles. The van der Waals surface area contributed by atoms with Gasteiger partial charge in [-0.2, -0.15) is 5.26 Å². The van der Waals surface area contributed by atoms with Crippen LogP contribution < -0.4 is 4.74 Å². The number of rotatable bonds is 6. The number of hydrogen-bond acceptors (Lipinski definition) is 4. The Bertz CT molecular complexity index is 1120. The second-order valence-corrected chi connectivity index (χ2v) is 6.90. The molecular weight excluding hydrogens is 439 g/mol. The van der Waals surface area contributed by atoms with Crippen LogP contribution in [0.15, 0.2) is 71.2 Å². The lowest BCUT2D eigenvalue weighted by Gasteiger charge is -2.10. The largest absolute Gasteiger partial charge is 0.488 e. The molecule has 0 aliphatic heterocycles. The fraction of sp³-hybridized carbons (Fsp3) is 0.0455. The van der Waals surface area contributed by atoms with Crippen LogP contribution in [0.4, 0.5) is 10.1 Å². The molecule has 0 amide bonds. The smallest absolute Gasteiger partial charge is 0.269 e. The Morgan fingerprint density at radius 1 is 1.17 bits per heavy atom. The van der Waals surface area contributed by atoms with Gasteiger partial charge in [-0.15, -0.1) is 0 Å². The van der Waals surface area contributed by atoms with Gasteiger partial charge in [0.15, 0.2) is 0 Å². The number of nitrogens with zero attached hydrogens (tertiary/aromatic N) is 2. The third-order valence-electron chi connectivity index (χ3n) is 4.12. The van der Waals surface area contributed by atoms with E-state index in [9.17, 15) is 19.8 Å². The number of allylic oxidation sites excluding steroid dienone is 1. The van der Waals surface area contributed by atoms with E-state index in [-0.39, 0.29) is 18.1 Å². The number of benzene rings is 3.